The lowest BCUT2D eigenvalue weighted by Gasteiger charge is -2.33. The van der Waals surface area contributed by atoms with Crippen LogP contribution in [0.3, 0.4) is 0 Å². The van der Waals surface area contributed by atoms with Gasteiger partial charge in [-0.05, 0) is 42.9 Å². The molecule has 10 heterocycles. The van der Waals surface area contributed by atoms with Gasteiger partial charge >= 0.3 is 0 Å². The Bertz CT molecular complexity index is 3350. The number of amidine groups is 3. The molecular formula is C63H88Cl2F7N13O17. The Balaban J connectivity index is 0.000000201. The van der Waals surface area contributed by atoms with Gasteiger partial charge in [0.25, 0.3) is 11.8 Å². The Morgan fingerprint density at radius 3 is 1.25 bits per heavy atom. The molecular weight excluding hydrogens is 1410 g/mol. The summed E-state index contributed by atoms with van der Waals surface area (Å²) >= 11 is 11.3. The van der Waals surface area contributed by atoms with Crippen LogP contribution in [0.2, 0.25) is 0 Å². The fourth-order valence-electron chi connectivity index (χ4n) is 11.2. The first-order chi connectivity index (χ1) is 47.9. The number of aliphatic imine (C=N–C) groups is 3. The van der Waals surface area contributed by atoms with Crippen LogP contribution < -0.4 is 27.8 Å². The van der Waals surface area contributed by atoms with Crippen LogP contribution in [0, 0.1) is 11.8 Å². The minimum atomic E-state index is -2.00. The molecule has 0 aromatic heterocycles. The maximum Gasteiger partial charge on any atom is 0.287 e. The summed E-state index contributed by atoms with van der Waals surface area (Å²) in [6, 6.07) is 0. The summed E-state index contributed by atoms with van der Waals surface area (Å²) in [6.45, 7) is 21.5. The smallest absolute Gasteiger partial charge is 0.287 e. The van der Waals surface area contributed by atoms with E-state index >= 15 is 0 Å². The van der Waals surface area contributed by atoms with Gasteiger partial charge in [0, 0.05) is 37.1 Å². The monoisotopic (exact) mass is 1500 g/mol. The summed E-state index contributed by atoms with van der Waals surface area (Å²) < 4.78 is 125. The Morgan fingerprint density at radius 2 is 0.892 bits per heavy atom. The molecule has 570 valence electrons. The van der Waals surface area contributed by atoms with E-state index in [1.54, 1.807) is 6.08 Å². The average molecular weight is 1500 g/mol. The molecule has 18 N–H and O–H groups in total. The summed E-state index contributed by atoms with van der Waals surface area (Å²) in [5.74, 6) is -1.36. The molecule has 0 spiro atoms. The van der Waals surface area contributed by atoms with Crippen molar-refractivity contribution in [1.29, 1.82) is 0 Å². The van der Waals surface area contributed by atoms with Crippen molar-refractivity contribution < 1.29 is 115 Å². The van der Waals surface area contributed by atoms with Gasteiger partial charge in [-0.15, -0.1) is 23.2 Å². The Kier molecular flexibility index (Phi) is 28.6. The Morgan fingerprint density at radius 1 is 0.539 bits per heavy atom. The van der Waals surface area contributed by atoms with Gasteiger partial charge in [-0.3, -0.25) is 9.59 Å². The summed E-state index contributed by atoms with van der Waals surface area (Å²) in [5.41, 5.74) is 8.56. The van der Waals surface area contributed by atoms with E-state index in [0.717, 1.165) is 15.9 Å². The average Bonchev–Trinajstić information content (AvgIpc) is 1.65. The molecule has 0 aromatic rings. The molecule has 10 rings (SSSR count). The summed E-state index contributed by atoms with van der Waals surface area (Å²) in [7, 11) is 0. The third kappa shape index (κ3) is 17.5. The predicted octanol–water partition coefficient (Wildman–Crippen LogP) is 0.0632. The molecule has 5 saturated heterocycles. The molecule has 0 aromatic carbocycles. The van der Waals surface area contributed by atoms with E-state index in [-0.39, 0.29) is 64.3 Å². The summed E-state index contributed by atoms with van der Waals surface area (Å²) in [6.07, 6.45) is -6.99. The van der Waals surface area contributed by atoms with Crippen LogP contribution in [0.15, 0.2) is 150 Å². The highest BCUT2D eigenvalue weighted by molar-refractivity contribution is 6.19. The topological polar surface area (TPSA) is 438 Å². The fraction of sp³-hybridized carbons (Fsp3) is 0.571. The number of nitrogens with zero attached hydrogens (tertiary/aromatic N) is 8. The van der Waals surface area contributed by atoms with E-state index in [2.05, 4.69) is 58.5 Å². The lowest BCUT2D eigenvalue weighted by atomic mass is 9.89. The third-order valence-electron chi connectivity index (χ3n) is 17.5. The van der Waals surface area contributed by atoms with E-state index in [0.29, 0.717) is 25.0 Å². The highest BCUT2D eigenvalue weighted by Crippen LogP contribution is 2.44. The molecule has 39 heteroatoms. The lowest BCUT2D eigenvalue weighted by Crippen LogP contribution is -2.47. The second kappa shape index (κ2) is 34.7. The molecule has 0 bridgehead atoms. The molecule has 2 amide bonds. The number of allylic oxidation sites excluding steroid dienone is 1. The van der Waals surface area contributed by atoms with E-state index in [1.807, 2.05) is 27.7 Å². The number of carbonyl (C=O) groups excluding carboxylic acids is 2. The van der Waals surface area contributed by atoms with Gasteiger partial charge in [0.2, 0.25) is 5.83 Å². The summed E-state index contributed by atoms with van der Waals surface area (Å²) in [4.78, 5) is 40.0. The van der Waals surface area contributed by atoms with E-state index < -0.39 is 178 Å². The van der Waals surface area contributed by atoms with Crippen LogP contribution >= 0.6 is 23.2 Å². The summed E-state index contributed by atoms with van der Waals surface area (Å²) in [5, 5.41) is 101. The predicted molar refractivity (Wildman–Crippen MR) is 355 cm³/mol. The number of rotatable bonds is 18. The number of nitrogens with two attached hydrogens (primary N) is 3. The maximum atomic E-state index is 14.6. The first-order valence-electron chi connectivity index (χ1n) is 31.4. The van der Waals surface area contributed by atoms with Crippen LogP contribution in [-0.2, 0) is 33.3 Å². The van der Waals surface area contributed by atoms with Crippen LogP contribution in [-0.4, -0.2) is 277 Å². The van der Waals surface area contributed by atoms with Gasteiger partial charge < -0.3 is 127 Å². The minimum Gasteiger partial charge on any atom is -0.393 e. The first kappa shape index (κ1) is 83.9. The Labute approximate surface area is 592 Å². The molecule has 0 saturated carbocycles. The van der Waals surface area contributed by atoms with Crippen molar-refractivity contribution in [3.63, 3.8) is 0 Å². The minimum absolute atomic E-state index is 0.0416. The molecule has 102 heavy (non-hydrogen) atoms. The van der Waals surface area contributed by atoms with Crippen molar-refractivity contribution in [2.75, 3.05) is 51.5 Å². The maximum absolute atomic E-state index is 14.6. The fourth-order valence-corrected chi connectivity index (χ4v) is 11.8. The third-order valence-corrected chi connectivity index (χ3v) is 18.4. The zero-order chi connectivity index (χ0) is 76.5. The largest absolute Gasteiger partial charge is 0.393 e. The highest BCUT2D eigenvalue weighted by Gasteiger charge is 2.61. The van der Waals surface area contributed by atoms with Gasteiger partial charge in [0.05, 0.1) is 44.8 Å². The van der Waals surface area contributed by atoms with E-state index in [1.165, 1.54) is 63.8 Å². The van der Waals surface area contributed by atoms with Crippen LogP contribution in [0.1, 0.15) is 40.5 Å². The van der Waals surface area contributed by atoms with E-state index in [9.17, 15) is 86.3 Å². The second-order valence-corrected chi connectivity index (χ2v) is 25.9. The molecule has 10 aliphatic rings. The van der Waals surface area contributed by atoms with Crippen molar-refractivity contribution in [1.82, 2.24) is 35.1 Å². The van der Waals surface area contributed by atoms with Crippen molar-refractivity contribution in [2.45, 2.75) is 161 Å². The highest BCUT2D eigenvalue weighted by atomic mass is 35.5. The molecule has 30 nitrogen and oxygen atoms in total. The number of carbonyl (C=O) groups is 2. The SMILES string of the molecule is C=C1N=C(N)C=CN1[C@@H]1O[C@@](CO)(CCC(C)C)[C@@H](O)[C@H]1F.C=C1N=C(N)C=CN1[C@@H]1O[C@@](CO)(CCl)[C@@H](O)[C@H]1F.C=C1N=C(N)C=CN1[C@@H]1O[C@](/C=C/C(C)C)(CO)[C@@H](O)[C@H]1F.C=C1NC(=O)C(F)=CN1[C@@H]1O[C@@](CO)(CCl)[C@@H](O)[C@H]1F.C=C1NC(=O)C=CN1[C@@H]1O[C@@](CO)(CF)[C@@H](O)[C@H]1F. The molecule has 5 fully saturated rings. The van der Waals surface area contributed by atoms with Crippen LogP contribution in [0.4, 0.5) is 30.7 Å². The van der Waals surface area contributed by atoms with Gasteiger partial charge in [-0.25, -0.2) is 41.3 Å². The molecule has 20 atom stereocenters. The number of aliphatic hydroxyl groups excluding tert-OH is 10. The molecule has 0 unspecified atom stereocenters. The van der Waals surface area contributed by atoms with Crippen molar-refractivity contribution in [2.24, 2.45) is 44.0 Å². The Hall–Kier alpha value is -7.02. The molecule has 0 aliphatic carbocycles. The number of amides is 2. The lowest BCUT2D eigenvalue weighted by molar-refractivity contribution is -0.144. The normalized spacial score (nSPS) is 37.2. The van der Waals surface area contributed by atoms with Crippen molar-refractivity contribution in [3.8, 4) is 0 Å². The van der Waals surface area contributed by atoms with Gasteiger partial charge in [-0.1, -0.05) is 72.7 Å². The number of alkyl halides is 8. The zero-order valence-corrected chi connectivity index (χ0v) is 57.3. The van der Waals surface area contributed by atoms with Gasteiger partial charge in [0.15, 0.2) is 67.6 Å². The molecule has 0 radical (unpaired) electrons. The van der Waals surface area contributed by atoms with Crippen LogP contribution in [0.5, 0.6) is 0 Å². The number of halogens is 9. The second-order valence-electron chi connectivity index (χ2n) is 25.4. The van der Waals surface area contributed by atoms with Crippen molar-refractivity contribution in [3.05, 3.63) is 135 Å². The van der Waals surface area contributed by atoms with Gasteiger partial charge in [-0.2, -0.15) is 4.39 Å². The standard InChI is InChI=1S/C15H24FN3O3.C15H22FN3O3.C11H13ClF2N2O4.C11H15ClFN3O3.C11H14F2N2O4/c2*1-9(2)4-6-15(8-20)13(21)12(16)14(22-15)19-7-5-11(17)18-10(19)3;1-5-15-9(19)6(13)2-16(5)10-7(14)8(18)11(3-12,4-17)20-10;1-6-15-7(14)2-3-16(6)10-8(13)9(18)11(4-12,5-17)19-10;1-6-14-7(17)2-3-15(6)10-8(13)9(18)11(4-12,5-16)19-10/h5,7,9,12-14,20-21H,3-4,6,8H2,1-2H3,(H2,17,18);4-7,9,12-14,20-21H,3,8H2,1-2H3,(H2,17,18);2,7-8,10,17-18H,1,3-4H2,(H,15,19);2-3,8-10,17-18H,1,4-5H2,(H2,14,15);2-3,8-10,16,18H,1,4-5H2,(H,14,17)/b;6-4+;;;/t2*12-,13+,14-,15-;7-,8+,10-,11-;2*8-,9+,10-,11-/m11111/s1. The number of ether oxygens (including phenoxy) is 5. The van der Waals surface area contributed by atoms with Crippen LogP contribution in [0.25, 0.3) is 0 Å². The number of hydrogen-bond donors (Lipinski definition) is 15. The first-order valence-corrected chi connectivity index (χ1v) is 32.5. The number of nitrogens with one attached hydrogen (secondary N) is 2. The number of hydrogen-bond acceptors (Lipinski definition) is 28. The van der Waals surface area contributed by atoms with Crippen molar-refractivity contribution >= 4 is 52.5 Å². The van der Waals surface area contributed by atoms with E-state index in [4.69, 9.17) is 69.2 Å². The quantitative estimate of drug-likeness (QED) is 0.0490. The number of aliphatic hydroxyl groups is 10. The van der Waals surface area contributed by atoms with Gasteiger partial charge in [0.1, 0.15) is 106 Å². The zero-order valence-electron chi connectivity index (χ0n) is 55.8. The molecule has 10 aliphatic heterocycles.